The Kier molecular flexibility index (Phi) is 2.84. The Morgan fingerprint density at radius 1 is 1.16 bits per heavy atom. The van der Waals surface area contributed by atoms with Crippen molar-refractivity contribution in [1.82, 2.24) is 0 Å². The Hall–Kier alpha value is -2.13. The molecule has 0 spiro atoms. The zero-order chi connectivity index (χ0) is 13.4. The molecule has 0 aliphatic carbocycles. The van der Waals surface area contributed by atoms with Gasteiger partial charge in [-0.15, -0.1) is 0 Å². The van der Waals surface area contributed by atoms with Gasteiger partial charge in [0.05, 0.1) is 13.2 Å². The monoisotopic (exact) mass is 253 g/mol. The van der Waals surface area contributed by atoms with Gasteiger partial charge in [-0.2, -0.15) is 0 Å². The van der Waals surface area contributed by atoms with Gasteiger partial charge < -0.3 is 10.0 Å². The molecule has 96 valence electrons. The molecule has 0 bridgehead atoms. The largest absolute Gasteiger partial charge is 0.392 e. The van der Waals surface area contributed by atoms with Crippen molar-refractivity contribution >= 4 is 11.6 Å². The van der Waals surface area contributed by atoms with Crippen LogP contribution in [0.4, 0.5) is 5.69 Å². The standard InChI is InChI=1S/C16H15NO2/c1-11-5-7-13(8-6-11)17-9-15-12(10-18)3-2-4-14(15)16(17)19/h2-8,18H,9-10H2,1H3. The number of carbonyl (C=O) groups is 1. The molecule has 1 heterocycles. The maximum atomic E-state index is 12.4. The van der Waals surface area contributed by atoms with Crippen LogP contribution >= 0.6 is 0 Å². The summed E-state index contributed by atoms with van der Waals surface area (Å²) in [5, 5.41) is 9.35. The molecular formula is C16H15NO2. The molecule has 1 amide bonds. The maximum Gasteiger partial charge on any atom is 0.258 e. The minimum Gasteiger partial charge on any atom is -0.392 e. The number of hydrogen-bond acceptors (Lipinski definition) is 2. The lowest BCUT2D eigenvalue weighted by atomic mass is 10.0. The predicted molar refractivity (Wildman–Crippen MR) is 74.1 cm³/mol. The zero-order valence-corrected chi connectivity index (χ0v) is 10.8. The molecule has 0 saturated carbocycles. The first-order chi connectivity index (χ1) is 9.20. The number of anilines is 1. The van der Waals surface area contributed by atoms with E-state index in [0.717, 1.165) is 16.8 Å². The second-order valence-corrected chi connectivity index (χ2v) is 4.83. The number of benzene rings is 2. The number of rotatable bonds is 2. The second kappa shape index (κ2) is 4.52. The first-order valence-corrected chi connectivity index (χ1v) is 6.31. The molecule has 0 unspecified atom stereocenters. The smallest absolute Gasteiger partial charge is 0.258 e. The molecule has 0 aromatic heterocycles. The van der Waals surface area contributed by atoms with Crippen LogP contribution in [-0.4, -0.2) is 11.0 Å². The summed E-state index contributed by atoms with van der Waals surface area (Å²) >= 11 is 0. The Morgan fingerprint density at radius 3 is 2.58 bits per heavy atom. The fourth-order valence-electron chi connectivity index (χ4n) is 2.48. The van der Waals surface area contributed by atoms with Crippen molar-refractivity contribution in [2.45, 2.75) is 20.1 Å². The summed E-state index contributed by atoms with van der Waals surface area (Å²) < 4.78 is 0. The number of fused-ring (bicyclic) bond motifs is 1. The summed E-state index contributed by atoms with van der Waals surface area (Å²) in [4.78, 5) is 14.1. The van der Waals surface area contributed by atoms with E-state index in [9.17, 15) is 9.90 Å². The van der Waals surface area contributed by atoms with E-state index in [1.807, 2.05) is 49.4 Å². The molecule has 0 atom stereocenters. The van der Waals surface area contributed by atoms with E-state index in [-0.39, 0.29) is 12.5 Å². The van der Waals surface area contributed by atoms with Gasteiger partial charge in [0.25, 0.3) is 5.91 Å². The zero-order valence-electron chi connectivity index (χ0n) is 10.8. The Morgan fingerprint density at radius 2 is 1.89 bits per heavy atom. The lowest BCUT2D eigenvalue weighted by Gasteiger charge is -2.16. The van der Waals surface area contributed by atoms with E-state index in [2.05, 4.69) is 0 Å². The van der Waals surface area contributed by atoms with Crippen LogP contribution in [0.5, 0.6) is 0 Å². The van der Waals surface area contributed by atoms with Gasteiger partial charge in [0.2, 0.25) is 0 Å². The van der Waals surface area contributed by atoms with Crippen LogP contribution in [0.1, 0.15) is 27.0 Å². The summed E-state index contributed by atoms with van der Waals surface area (Å²) in [7, 11) is 0. The molecule has 2 aromatic carbocycles. The van der Waals surface area contributed by atoms with E-state index in [0.29, 0.717) is 12.1 Å². The topological polar surface area (TPSA) is 40.5 Å². The van der Waals surface area contributed by atoms with Gasteiger partial charge in [-0.1, -0.05) is 29.8 Å². The van der Waals surface area contributed by atoms with Crippen LogP contribution in [-0.2, 0) is 13.2 Å². The summed E-state index contributed by atoms with van der Waals surface area (Å²) in [6.45, 7) is 2.53. The molecule has 1 aliphatic heterocycles. The summed E-state index contributed by atoms with van der Waals surface area (Å²) in [5.74, 6) is 0.00848. The second-order valence-electron chi connectivity index (χ2n) is 4.83. The summed E-state index contributed by atoms with van der Waals surface area (Å²) in [6, 6.07) is 13.4. The van der Waals surface area contributed by atoms with E-state index in [1.165, 1.54) is 5.56 Å². The molecular weight excluding hydrogens is 238 g/mol. The molecule has 3 heteroatoms. The Bertz CT molecular complexity index is 632. The highest BCUT2D eigenvalue weighted by molar-refractivity contribution is 6.10. The lowest BCUT2D eigenvalue weighted by molar-refractivity contribution is 0.0996. The van der Waals surface area contributed by atoms with Crippen LogP contribution in [0.3, 0.4) is 0 Å². The van der Waals surface area contributed by atoms with Crippen molar-refractivity contribution in [3.05, 3.63) is 64.7 Å². The van der Waals surface area contributed by atoms with Crippen LogP contribution in [0.2, 0.25) is 0 Å². The molecule has 3 nitrogen and oxygen atoms in total. The van der Waals surface area contributed by atoms with Crippen molar-refractivity contribution in [3.8, 4) is 0 Å². The number of amides is 1. The fourth-order valence-corrected chi connectivity index (χ4v) is 2.48. The van der Waals surface area contributed by atoms with Crippen molar-refractivity contribution in [2.75, 3.05) is 4.90 Å². The lowest BCUT2D eigenvalue weighted by Crippen LogP contribution is -2.22. The molecule has 2 aromatic rings. The maximum absolute atomic E-state index is 12.4. The van der Waals surface area contributed by atoms with Crippen molar-refractivity contribution in [2.24, 2.45) is 0 Å². The quantitative estimate of drug-likeness (QED) is 0.893. The average Bonchev–Trinajstić information content (AvgIpc) is 2.77. The summed E-state index contributed by atoms with van der Waals surface area (Å²) in [5.41, 5.74) is 4.54. The fraction of sp³-hybridized carbons (Fsp3) is 0.188. The van der Waals surface area contributed by atoms with Crippen LogP contribution in [0.25, 0.3) is 0 Å². The first-order valence-electron chi connectivity index (χ1n) is 6.31. The number of aliphatic hydroxyl groups excluding tert-OH is 1. The van der Waals surface area contributed by atoms with Crippen molar-refractivity contribution < 1.29 is 9.90 Å². The Balaban J connectivity index is 2.01. The Labute approximate surface area is 112 Å². The predicted octanol–water partition coefficient (Wildman–Crippen LogP) is 2.65. The van der Waals surface area contributed by atoms with E-state index < -0.39 is 0 Å². The van der Waals surface area contributed by atoms with E-state index in [4.69, 9.17) is 0 Å². The number of nitrogens with zero attached hydrogens (tertiary/aromatic N) is 1. The van der Waals surface area contributed by atoms with Gasteiger partial charge in [0.1, 0.15) is 0 Å². The molecule has 0 saturated heterocycles. The molecule has 3 rings (SSSR count). The molecule has 1 aliphatic rings. The highest BCUT2D eigenvalue weighted by Gasteiger charge is 2.29. The van der Waals surface area contributed by atoms with Crippen LogP contribution in [0.15, 0.2) is 42.5 Å². The van der Waals surface area contributed by atoms with E-state index in [1.54, 1.807) is 4.90 Å². The SMILES string of the molecule is Cc1ccc(N2Cc3c(CO)cccc3C2=O)cc1. The van der Waals surface area contributed by atoms with Gasteiger partial charge in [-0.25, -0.2) is 0 Å². The average molecular weight is 253 g/mol. The van der Waals surface area contributed by atoms with Crippen molar-refractivity contribution in [3.63, 3.8) is 0 Å². The first kappa shape index (κ1) is 11.9. The highest BCUT2D eigenvalue weighted by Crippen LogP contribution is 2.30. The minimum atomic E-state index is -0.0296. The minimum absolute atomic E-state index is 0.00848. The third kappa shape index (κ3) is 1.92. The third-order valence-corrected chi connectivity index (χ3v) is 3.58. The van der Waals surface area contributed by atoms with Gasteiger partial charge in [0, 0.05) is 11.3 Å². The number of carbonyl (C=O) groups excluding carboxylic acids is 1. The van der Waals surface area contributed by atoms with Gasteiger partial charge in [-0.05, 0) is 36.2 Å². The molecule has 19 heavy (non-hydrogen) atoms. The third-order valence-electron chi connectivity index (χ3n) is 3.58. The van der Waals surface area contributed by atoms with Gasteiger partial charge in [0.15, 0.2) is 0 Å². The van der Waals surface area contributed by atoms with Crippen LogP contribution < -0.4 is 4.90 Å². The number of aliphatic hydroxyl groups is 1. The number of aryl methyl sites for hydroxylation is 1. The highest BCUT2D eigenvalue weighted by atomic mass is 16.3. The van der Waals surface area contributed by atoms with Crippen LogP contribution in [0, 0.1) is 6.92 Å². The number of hydrogen-bond donors (Lipinski definition) is 1. The van der Waals surface area contributed by atoms with Gasteiger partial charge >= 0.3 is 0 Å². The molecule has 0 fully saturated rings. The summed E-state index contributed by atoms with van der Waals surface area (Å²) in [6.07, 6.45) is 0. The molecule has 0 radical (unpaired) electrons. The van der Waals surface area contributed by atoms with Gasteiger partial charge in [-0.3, -0.25) is 4.79 Å². The normalized spacial score (nSPS) is 13.8. The molecule has 1 N–H and O–H groups in total. The van der Waals surface area contributed by atoms with E-state index >= 15 is 0 Å². The van der Waals surface area contributed by atoms with Crippen molar-refractivity contribution in [1.29, 1.82) is 0 Å².